The Balaban J connectivity index is 1.78. The van der Waals surface area contributed by atoms with Crippen LogP contribution in [0.25, 0.3) is 22.4 Å². The number of ether oxygens (including phenoxy) is 1. The summed E-state index contributed by atoms with van der Waals surface area (Å²) in [6, 6.07) is 18.1. The van der Waals surface area contributed by atoms with Crippen molar-refractivity contribution in [2.75, 3.05) is 18.0 Å². The van der Waals surface area contributed by atoms with Gasteiger partial charge in [-0.25, -0.2) is 4.98 Å². The number of aromatic nitrogens is 1. The predicted octanol–water partition coefficient (Wildman–Crippen LogP) is 5.82. The maximum absolute atomic E-state index is 10.5. The molecule has 0 bridgehead atoms. The molecule has 3 aromatic rings. The van der Waals surface area contributed by atoms with Gasteiger partial charge >= 0.3 is 0 Å². The quantitative estimate of drug-likeness (QED) is 0.598. The van der Waals surface area contributed by atoms with Crippen molar-refractivity contribution in [1.29, 1.82) is 0 Å². The minimum Gasteiger partial charge on any atom is -0.507 e. The number of nitrogens with zero attached hydrogens (tertiary/aromatic N) is 2. The average Bonchev–Trinajstić information content (AvgIpc) is 3.24. The van der Waals surface area contributed by atoms with E-state index in [0.717, 1.165) is 52.6 Å². The van der Waals surface area contributed by atoms with Gasteiger partial charge in [0, 0.05) is 18.7 Å². The van der Waals surface area contributed by atoms with Crippen molar-refractivity contribution < 1.29 is 9.84 Å². The number of phenolic OH excluding ortho intramolecular Hbond substituents is 1. The van der Waals surface area contributed by atoms with Gasteiger partial charge in [0.25, 0.3) is 0 Å². The van der Waals surface area contributed by atoms with Gasteiger partial charge in [0.2, 0.25) is 0 Å². The fraction of sp³-hybridized carbons (Fsp3) is 0.320. The van der Waals surface area contributed by atoms with E-state index < -0.39 is 0 Å². The van der Waals surface area contributed by atoms with E-state index in [4.69, 9.17) is 9.72 Å². The molecule has 150 valence electrons. The van der Waals surface area contributed by atoms with Gasteiger partial charge in [-0.1, -0.05) is 23.8 Å². The fourth-order valence-corrected chi connectivity index (χ4v) is 3.78. The Morgan fingerprint density at radius 3 is 2.34 bits per heavy atom. The van der Waals surface area contributed by atoms with Crippen molar-refractivity contribution in [3.63, 3.8) is 0 Å². The third kappa shape index (κ3) is 4.37. The number of aryl methyl sites for hydroxylation is 1. The third-order valence-corrected chi connectivity index (χ3v) is 5.23. The third-order valence-electron chi connectivity index (χ3n) is 5.23. The molecule has 0 amide bonds. The molecule has 0 spiro atoms. The van der Waals surface area contributed by atoms with Crippen LogP contribution >= 0.6 is 0 Å². The Kier molecular flexibility index (Phi) is 5.43. The van der Waals surface area contributed by atoms with Crippen LogP contribution in [0.15, 0.2) is 54.6 Å². The van der Waals surface area contributed by atoms with E-state index in [9.17, 15) is 5.11 Å². The topological polar surface area (TPSA) is 45.6 Å². The second-order valence-corrected chi connectivity index (χ2v) is 8.01. The summed E-state index contributed by atoms with van der Waals surface area (Å²) in [6.07, 6.45) is 2.54. The van der Waals surface area contributed by atoms with E-state index in [-0.39, 0.29) is 11.9 Å². The standard InChI is InChI=1S/C25H28N2O2/c1-17(2)29-21-9-7-19(8-10-21)20-15-23(22-14-18(3)6-11-24(22)28)26-25(16-20)27-12-4-5-13-27/h6-11,14-17,28H,4-5,12-13H2,1-3H3. The molecule has 0 aliphatic carbocycles. The summed E-state index contributed by atoms with van der Waals surface area (Å²) in [7, 11) is 0. The zero-order chi connectivity index (χ0) is 20.4. The first-order valence-corrected chi connectivity index (χ1v) is 10.3. The Morgan fingerprint density at radius 1 is 0.931 bits per heavy atom. The zero-order valence-corrected chi connectivity index (χ0v) is 17.4. The molecule has 4 nitrogen and oxygen atoms in total. The van der Waals surface area contributed by atoms with Crippen molar-refractivity contribution in [2.45, 2.75) is 39.7 Å². The summed E-state index contributed by atoms with van der Waals surface area (Å²) in [5, 5.41) is 10.5. The second-order valence-electron chi connectivity index (χ2n) is 8.01. The van der Waals surface area contributed by atoms with Crippen LogP contribution in [0.1, 0.15) is 32.3 Å². The number of benzene rings is 2. The second kappa shape index (κ2) is 8.16. The van der Waals surface area contributed by atoms with E-state index in [1.54, 1.807) is 6.07 Å². The number of pyridine rings is 1. The van der Waals surface area contributed by atoms with Gasteiger partial charge in [0.1, 0.15) is 17.3 Å². The number of hydrogen-bond donors (Lipinski definition) is 1. The van der Waals surface area contributed by atoms with Crippen LogP contribution in [-0.4, -0.2) is 29.3 Å². The van der Waals surface area contributed by atoms with Gasteiger partial charge in [-0.05, 0) is 81.1 Å². The Labute approximate surface area is 172 Å². The zero-order valence-electron chi connectivity index (χ0n) is 17.4. The molecule has 29 heavy (non-hydrogen) atoms. The first-order valence-electron chi connectivity index (χ1n) is 10.3. The maximum Gasteiger partial charge on any atom is 0.129 e. The van der Waals surface area contributed by atoms with Crippen LogP contribution in [0.5, 0.6) is 11.5 Å². The van der Waals surface area contributed by atoms with Gasteiger partial charge < -0.3 is 14.7 Å². The highest BCUT2D eigenvalue weighted by atomic mass is 16.5. The van der Waals surface area contributed by atoms with Crippen molar-refractivity contribution in [3.8, 4) is 33.9 Å². The van der Waals surface area contributed by atoms with E-state index in [0.29, 0.717) is 0 Å². The maximum atomic E-state index is 10.5. The fourth-order valence-electron chi connectivity index (χ4n) is 3.78. The van der Waals surface area contributed by atoms with Gasteiger partial charge in [-0.2, -0.15) is 0 Å². The molecule has 2 heterocycles. The van der Waals surface area contributed by atoms with Crippen LogP contribution in [0.4, 0.5) is 5.82 Å². The summed E-state index contributed by atoms with van der Waals surface area (Å²) in [5.74, 6) is 2.10. The van der Waals surface area contributed by atoms with Crippen LogP contribution < -0.4 is 9.64 Å². The molecule has 4 rings (SSSR count). The molecule has 2 aromatic carbocycles. The number of aromatic hydroxyl groups is 1. The normalized spacial score (nSPS) is 13.9. The predicted molar refractivity (Wildman–Crippen MR) is 119 cm³/mol. The smallest absolute Gasteiger partial charge is 0.129 e. The van der Waals surface area contributed by atoms with Crippen molar-refractivity contribution in [1.82, 2.24) is 4.98 Å². The first kappa shape index (κ1) is 19.3. The lowest BCUT2D eigenvalue weighted by molar-refractivity contribution is 0.242. The SMILES string of the molecule is Cc1ccc(O)c(-c2cc(-c3ccc(OC(C)C)cc3)cc(N3CCCC3)n2)c1. The van der Waals surface area contributed by atoms with E-state index in [1.165, 1.54) is 12.8 Å². The van der Waals surface area contributed by atoms with E-state index in [2.05, 4.69) is 29.2 Å². The largest absolute Gasteiger partial charge is 0.507 e. The summed E-state index contributed by atoms with van der Waals surface area (Å²) < 4.78 is 5.78. The summed E-state index contributed by atoms with van der Waals surface area (Å²) >= 11 is 0. The molecule has 1 saturated heterocycles. The van der Waals surface area contributed by atoms with Gasteiger partial charge in [0.15, 0.2) is 0 Å². The van der Waals surface area contributed by atoms with Gasteiger partial charge in [-0.15, -0.1) is 0 Å². The lowest BCUT2D eigenvalue weighted by Gasteiger charge is -2.19. The first-order chi connectivity index (χ1) is 14.0. The lowest BCUT2D eigenvalue weighted by atomic mass is 10.0. The van der Waals surface area contributed by atoms with Crippen LogP contribution in [-0.2, 0) is 0 Å². The summed E-state index contributed by atoms with van der Waals surface area (Å²) in [5.41, 5.74) is 4.87. The van der Waals surface area contributed by atoms with Gasteiger partial charge in [0.05, 0.1) is 11.8 Å². The number of rotatable bonds is 5. The number of phenols is 1. The number of hydrogen-bond acceptors (Lipinski definition) is 4. The molecule has 0 radical (unpaired) electrons. The van der Waals surface area contributed by atoms with Crippen molar-refractivity contribution >= 4 is 5.82 Å². The van der Waals surface area contributed by atoms with E-state index in [1.807, 2.05) is 45.0 Å². The Morgan fingerprint density at radius 2 is 1.66 bits per heavy atom. The molecular weight excluding hydrogens is 360 g/mol. The average molecular weight is 389 g/mol. The van der Waals surface area contributed by atoms with Crippen LogP contribution in [0, 0.1) is 6.92 Å². The summed E-state index contributed by atoms with van der Waals surface area (Å²) in [6.45, 7) is 8.13. The molecule has 1 fully saturated rings. The molecule has 1 aliphatic heterocycles. The van der Waals surface area contributed by atoms with Crippen LogP contribution in [0.3, 0.4) is 0 Å². The minimum absolute atomic E-state index is 0.152. The highest BCUT2D eigenvalue weighted by Gasteiger charge is 2.17. The molecule has 1 aromatic heterocycles. The molecular formula is C25H28N2O2. The summed E-state index contributed by atoms with van der Waals surface area (Å²) in [4.78, 5) is 7.24. The Hall–Kier alpha value is -3.01. The van der Waals surface area contributed by atoms with Crippen molar-refractivity contribution in [2.24, 2.45) is 0 Å². The molecule has 1 aliphatic rings. The van der Waals surface area contributed by atoms with Crippen molar-refractivity contribution in [3.05, 3.63) is 60.2 Å². The highest BCUT2D eigenvalue weighted by molar-refractivity contribution is 5.77. The van der Waals surface area contributed by atoms with E-state index >= 15 is 0 Å². The lowest BCUT2D eigenvalue weighted by Crippen LogP contribution is -2.19. The molecule has 4 heteroatoms. The van der Waals surface area contributed by atoms with Gasteiger partial charge in [-0.3, -0.25) is 0 Å². The Bertz CT molecular complexity index is 990. The minimum atomic E-state index is 0.152. The van der Waals surface area contributed by atoms with Crippen LogP contribution in [0.2, 0.25) is 0 Å². The monoisotopic (exact) mass is 388 g/mol. The molecule has 0 saturated carbocycles. The highest BCUT2D eigenvalue weighted by Crippen LogP contribution is 2.35. The molecule has 1 N–H and O–H groups in total. The molecule has 0 atom stereocenters. The molecule has 0 unspecified atom stereocenters. The number of anilines is 1.